The topological polar surface area (TPSA) is 64.1 Å². The first-order chi connectivity index (χ1) is 8.74. The molecule has 0 spiro atoms. The summed E-state index contributed by atoms with van der Waals surface area (Å²) in [6, 6.07) is 1.77. The first-order valence-electron chi connectivity index (χ1n) is 5.49. The smallest absolute Gasteiger partial charge is 0.271 e. The van der Waals surface area contributed by atoms with Crippen LogP contribution in [0.4, 0.5) is 5.13 Å². The zero-order chi connectivity index (χ0) is 13.0. The Kier molecular flexibility index (Phi) is 4.27. The third-order valence-corrected chi connectivity index (χ3v) is 4.00. The standard InChI is InChI=1S/C11H13N3O2S2/c1-3-4-8-13-14-11(18-8)12-10(15)9-7(16-2)5-6-17-9/h5-6H,3-4H2,1-2H3,(H,12,14,15). The molecule has 18 heavy (non-hydrogen) atoms. The minimum Gasteiger partial charge on any atom is -0.495 e. The second-order valence-electron chi connectivity index (χ2n) is 3.52. The number of hydrogen-bond donors (Lipinski definition) is 1. The average Bonchev–Trinajstić information content (AvgIpc) is 2.98. The molecule has 2 aromatic rings. The fraction of sp³-hybridized carbons (Fsp3) is 0.364. The predicted octanol–water partition coefficient (Wildman–Crippen LogP) is 2.81. The van der Waals surface area contributed by atoms with Crippen molar-refractivity contribution in [2.45, 2.75) is 19.8 Å². The van der Waals surface area contributed by atoms with Gasteiger partial charge in [-0.3, -0.25) is 10.1 Å². The van der Waals surface area contributed by atoms with E-state index in [1.54, 1.807) is 13.2 Å². The van der Waals surface area contributed by atoms with Crippen LogP contribution in [-0.4, -0.2) is 23.2 Å². The van der Waals surface area contributed by atoms with E-state index in [1.165, 1.54) is 22.7 Å². The summed E-state index contributed by atoms with van der Waals surface area (Å²) in [5.74, 6) is 0.372. The van der Waals surface area contributed by atoms with Gasteiger partial charge in [0, 0.05) is 6.42 Å². The van der Waals surface area contributed by atoms with Crippen molar-refractivity contribution in [3.05, 3.63) is 21.3 Å². The van der Waals surface area contributed by atoms with Gasteiger partial charge in [-0.2, -0.15) is 0 Å². The number of carbonyl (C=O) groups excluding carboxylic acids is 1. The van der Waals surface area contributed by atoms with E-state index in [2.05, 4.69) is 22.4 Å². The fourth-order valence-electron chi connectivity index (χ4n) is 1.40. The molecule has 1 amide bonds. The van der Waals surface area contributed by atoms with E-state index >= 15 is 0 Å². The van der Waals surface area contributed by atoms with Crippen LogP contribution in [0.5, 0.6) is 5.75 Å². The second kappa shape index (κ2) is 5.92. The number of nitrogens with zero attached hydrogens (tertiary/aromatic N) is 2. The van der Waals surface area contributed by atoms with Gasteiger partial charge < -0.3 is 4.74 Å². The Morgan fingerprint density at radius 2 is 2.33 bits per heavy atom. The molecule has 96 valence electrons. The molecule has 0 atom stereocenters. The van der Waals surface area contributed by atoms with Crippen molar-refractivity contribution in [3.8, 4) is 5.75 Å². The molecule has 2 aromatic heterocycles. The lowest BCUT2D eigenvalue weighted by molar-refractivity contribution is 0.102. The number of anilines is 1. The van der Waals surface area contributed by atoms with Gasteiger partial charge in [0.15, 0.2) is 0 Å². The van der Waals surface area contributed by atoms with Gasteiger partial charge >= 0.3 is 0 Å². The van der Waals surface area contributed by atoms with E-state index in [-0.39, 0.29) is 5.91 Å². The van der Waals surface area contributed by atoms with E-state index in [1.807, 2.05) is 5.38 Å². The number of hydrogen-bond acceptors (Lipinski definition) is 6. The summed E-state index contributed by atoms with van der Waals surface area (Å²) in [7, 11) is 1.54. The normalized spacial score (nSPS) is 10.3. The number of nitrogens with one attached hydrogen (secondary N) is 1. The highest BCUT2D eigenvalue weighted by Gasteiger charge is 2.15. The summed E-state index contributed by atoms with van der Waals surface area (Å²) < 4.78 is 5.10. The van der Waals surface area contributed by atoms with Crippen LogP contribution in [0.25, 0.3) is 0 Å². The molecular weight excluding hydrogens is 270 g/mol. The average molecular weight is 283 g/mol. The lowest BCUT2D eigenvalue weighted by Gasteiger charge is -2.01. The van der Waals surface area contributed by atoms with Gasteiger partial charge in [0.05, 0.1) is 7.11 Å². The maximum atomic E-state index is 12.0. The number of thiophene rings is 1. The van der Waals surface area contributed by atoms with Crippen LogP contribution in [0, 0.1) is 0 Å². The number of amides is 1. The third-order valence-electron chi connectivity index (χ3n) is 2.21. The summed E-state index contributed by atoms with van der Waals surface area (Å²) in [5, 5.41) is 14.0. The number of methoxy groups -OCH3 is 1. The fourth-order valence-corrected chi connectivity index (χ4v) is 2.99. The number of carbonyl (C=O) groups is 1. The molecule has 0 radical (unpaired) electrons. The van der Waals surface area contributed by atoms with Gasteiger partial charge in [-0.25, -0.2) is 0 Å². The SMILES string of the molecule is CCCc1nnc(NC(=O)c2sccc2OC)s1. The van der Waals surface area contributed by atoms with Crippen molar-refractivity contribution in [2.75, 3.05) is 12.4 Å². The minimum atomic E-state index is -0.207. The van der Waals surface area contributed by atoms with Crippen molar-refractivity contribution in [3.63, 3.8) is 0 Å². The quantitative estimate of drug-likeness (QED) is 0.916. The summed E-state index contributed by atoms with van der Waals surface area (Å²) in [6.07, 6.45) is 1.90. The molecule has 0 aromatic carbocycles. The van der Waals surface area contributed by atoms with Crippen molar-refractivity contribution in [1.29, 1.82) is 0 Å². The molecule has 0 aliphatic rings. The lowest BCUT2D eigenvalue weighted by atomic mass is 10.4. The van der Waals surface area contributed by atoms with Gasteiger partial charge in [-0.15, -0.1) is 21.5 Å². The highest BCUT2D eigenvalue weighted by atomic mass is 32.1. The van der Waals surface area contributed by atoms with E-state index in [0.717, 1.165) is 17.8 Å². The Hall–Kier alpha value is -1.47. The Labute approximate surface area is 113 Å². The summed E-state index contributed by atoms with van der Waals surface area (Å²) in [6.45, 7) is 2.08. The third kappa shape index (κ3) is 2.85. The summed E-state index contributed by atoms with van der Waals surface area (Å²) in [4.78, 5) is 12.5. The van der Waals surface area contributed by atoms with Gasteiger partial charge in [0.2, 0.25) is 5.13 Å². The van der Waals surface area contributed by atoms with E-state index < -0.39 is 0 Å². The maximum Gasteiger partial charge on any atom is 0.271 e. The largest absolute Gasteiger partial charge is 0.495 e. The van der Waals surface area contributed by atoms with Crippen molar-refractivity contribution in [1.82, 2.24) is 10.2 Å². The zero-order valence-electron chi connectivity index (χ0n) is 10.1. The molecule has 7 heteroatoms. The highest BCUT2D eigenvalue weighted by molar-refractivity contribution is 7.15. The van der Waals surface area contributed by atoms with Crippen LogP contribution < -0.4 is 10.1 Å². The van der Waals surface area contributed by atoms with Gasteiger partial charge in [-0.1, -0.05) is 18.3 Å². The van der Waals surface area contributed by atoms with Crippen LogP contribution in [0.2, 0.25) is 0 Å². The van der Waals surface area contributed by atoms with Crippen LogP contribution in [0.3, 0.4) is 0 Å². The van der Waals surface area contributed by atoms with E-state index in [4.69, 9.17) is 4.74 Å². The number of rotatable bonds is 5. The van der Waals surface area contributed by atoms with Crippen LogP contribution in [-0.2, 0) is 6.42 Å². The second-order valence-corrected chi connectivity index (χ2v) is 5.50. The summed E-state index contributed by atoms with van der Waals surface area (Å²) in [5.41, 5.74) is 0. The van der Waals surface area contributed by atoms with Gasteiger partial charge in [-0.05, 0) is 17.9 Å². The first kappa shape index (κ1) is 13.0. The lowest BCUT2D eigenvalue weighted by Crippen LogP contribution is -2.10. The molecule has 0 saturated carbocycles. The van der Waals surface area contributed by atoms with Gasteiger partial charge in [0.25, 0.3) is 5.91 Å². The van der Waals surface area contributed by atoms with Crippen molar-refractivity contribution >= 4 is 33.7 Å². The molecule has 0 bridgehead atoms. The Bertz CT molecular complexity index is 536. The number of aryl methyl sites for hydroxylation is 1. The molecule has 5 nitrogen and oxygen atoms in total. The van der Waals surface area contributed by atoms with Crippen molar-refractivity contribution in [2.24, 2.45) is 0 Å². The Morgan fingerprint density at radius 1 is 1.50 bits per heavy atom. The molecule has 0 unspecified atom stereocenters. The summed E-state index contributed by atoms with van der Waals surface area (Å²) >= 11 is 2.74. The van der Waals surface area contributed by atoms with Crippen LogP contribution >= 0.6 is 22.7 Å². The van der Waals surface area contributed by atoms with Crippen LogP contribution in [0.1, 0.15) is 28.0 Å². The first-order valence-corrected chi connectivity index (χ1v) is 7.19. The predicted molar refractivity (Wildman–Crippen MR) is 72.7 cm³/mol. The maximum absolute atomic E-state index is 12.0. The van der Waals surface area contributed by atoms with E-state index in [0.29, 0.717) is 15.8 Å². The van der Waals surface area contributed by atoms with Crippen molar-refractivity contribution < 1.29 is 9.53 Å². The molecular formula is C11H13N3O2S2. The molecule has 2 rings (SSSR count). The van der Waals surface area contributed by atoms with Crippen LogP contribution in [0.15, 0.2) is 11.4 Å². The van der Waals surface area contributed by atoms with E-state index in [9.17, 15) is 4.79 Å². The number of aromatic nitrogens is 2. The minimum absolute atomic E-state index is 0.207. The monoisotopic (exact) mass is 283 g/mol. The highest BCUT2D eigenvalue weighted by Crippen LogP contribution is 2.26. The van der Waals surface area contributed by atoms with Gasteiger partial charge in [0.1, 0.15) is 15.6 Å². The molecule has 0 aliphatic carbocycles. The molecule has 1 N–H and O–H groups in total. The Morgan fingerprint density at radius 3 is 3.06 bits per heavy atom. The molecule has 0 saturated heterocycles. The molecule has 0 aliphatic heterocycles. The Balaban J connectivity index is 2.06. The number of ether oxygens (including phenoxy) is 1. The molecule has 0 fully saturated rings. The zero-order valence-corrected chi connectivity index (χ0v) is 11.7. The molecule has 2 heterocycles.